The number of rotatable bonds is 6. The van der Waals surface area contributed by atoms with Gasteiger partial charge in [0.15, 0.2) is 0 Å². The molecule has 0 radical (unpaired) electrons. The number of nitrogens with two attached hydrogens (primary N) is 1. The summed E-state index contributed by atoms with van der Waals surface area (Å²) in [4.78, 5) is 2.38. The molecule has 0 amide bonds. The summed E-state index contributed by atoms with van der Waals surface area (Å²) in [6, 6.07) is 6.93. The van der Waals surface area contributed by atoms with Gasteiger partial charge >= 0.3 is 0 Å². The molecule has 0 bridgehead atoms. The van der Waals surface area contributed by atoms with Crippen LogP contribution in [0.4, 0.5) is 0 Å². The molecule has 1 aromatic rings. The van der Waals surface area contributed by atoms with Crippen molar-refractivity contribution in [3.63, 3.8) is 0 Å². The number of para-hydroxylation sites is 1. The average Bonchev–Trinajstić information content (AvgIpc) is 3.14. The third kappa shape index (κ3) is 3.20. The fourth-order valence-corrected chi connectivity index (χ4v) is 2.07. The molecule has 1 fully saturated rings. The summed E-state index contributed by atoms with van der Waals surface area (Å²) < 4.78 is 5.89. The van der Waals surface area contributed by atoms with Crippen LogP contribution in [-0.2, 0) is 6.54 Å². The Balaban J connectivity index is 1.88. The third-order valence-electron chi connectivity index (χ3n) is 3.37. The molecule has 0 spiro atoms. The molecule has 3 nitrogen and oxygen atoms in total. The lowest BCUT2D eigenvalue weighted by Gasteiger charge is -2.18. The van der Waals surface area contributed by atoms with Gasteiger partial charge in [0, 0.05) is 24.7 Å². The van der Waals surface area contributed by atoms with E-state index < -0.39 is 0 Å². The molecule has 3 heteroatoms. The molecule has 1 aliphatic carbocycles. The fraction of sp³-hybridized carbons (Fsp3) is 0.571. The van der Waals surface area contributed by atoms with Gasteiger partial charge in [0.1, 0.15) is 12.4 Å². The molecule has 1 aromatic carbocycles. The highest BCUT2D eigenvalue weighted by Crippen LogP contribution is 2.26. The van der Waals surface area contributed by atoms with Crippen LogP contribution < -0.4 is 10.5 Å². The molecule has 0 heterocycles. The number of benzene rings is 1. The Kier molecular flexibility index (Phi) is 4.02. The molecule has 1 saturated carbocycles. The Morgan fingerprint density at radius 1 is 1.41 bits per heavy atom. The first-order valence-electron chi connectivity index (χ1n) is 6.34. The molecule has 0 unspecified atom stereocenters. The minimum atomic E-state index is 0.537. The highest BCUT2D eigenvalue weighted by Gasteiger charge is 2.25. The van der Waals surface area contributed by atoms with Crippen LogP contribution in [0.3, 0.4) is 0 Å². The largest absolute Gasteiger partial charge is 0.492 e. The lowest BCUT2D eigenvalue weighted by molar-refractivity contribution is 0.229. The van der Waals surface area contributed by atoms with E-state index in [1.165, 1.54) is 18.4 Å². The maximum Gasteiger partial charge on any atom is 0.126 e. The average molecular weight is 234 g/mol. The highest BCUT2D eigenvalue weighted by atomic mass is 16.5. The van der Waals surface area contributed by atoms with Crippen LogP contribution in [0.1, 0.15) is 24.0 Å². The van der Waals surface area contributed by atoms with Crippen LogP contribution in [0.15, 0.2) is 18.2 Å². The van der Waals surface area contributed by atoms with Crippen LogP contribution in [-0.4, -0.2) is 31.1 Å². The Labute approximate surface area is 104 Å². The Bertz CT molecular complexity index is 374. The van der Waals surface area contributed by atoms with E-state index in [0.717, 1.165) is 30.5 Å². The first-order chi connectivity index (χ1) is 8.22. The zero-order valence-electron chi connectivity index (χ0n) is 10.8. The summed E-state index contributed by atoms with van der Waals surface area (Å²) in [6.07, 6.45) is 2.68. The summed E-state index contributed by atoms with van der Waals surface area (Å²) in [5.41, 5.74) is 7.98. The standard InChI is InChI=1S/C14H22N2O/c1-11-4-3-5-12(10-15)14(11)17-9-8-16(2)13-6-7-13/h3-5,13H,6-10,15H2,1-2H3. The van der Waals surface area contributed by atoms with Gasteiger partial charge in [-0.25, -0.2) is 0 Å². The fourth-order valence-electron chi connectivity index (χ4n) is 2.07. The van der Waals surface area contributed by atoms with Crippen molar-refractivity contribution in [2.45, 2.75) is 32.4 Å². The van der Waals surface area contributed by atoms with Crippen molar-refractivity contribution in [3.8, 4) is 5.75 Å². The minimum absolute atomic E-state index is 0.537. The van der Waals surface area contributed by atoms with Crippen LogP contribution in [0, 0.1) is 6.92 Å². The molecule has 0 aromatic heterocycles. The van der Waals surface area contributed by atoms with E-state index in [0.29, 0.717) is 6.54 Å². The van der Waals surface area contributed by atoms with E-state index in [4.69, 9.17) is 10.5 Å². The van der Waals surface area contributed by atoms with Gasteiger partial charge in [-0.05, 0) is 32.4 Å². The Morgan fingerprint density at radius 2 is 2.18 bits per heavy atom. The Hall–Kier alpha value is -1.06. The molecule has 0 atom stereocenters. The zero-order valence-corrected chi connectivity index (χ0v) is 10.8. The van der Waals surface area contributed by atoms with Crippen LogP contribution >= 0.6 is 0 Å². The van der Waals surface area contributed by atoms with Crippen molar-refractivity contribution >= 4 is 0 Å². The van der Waals surface area contributed by atoms with E-state index in [1.807, 2.05) is 12.1 Å². The van der Waals surface area contributed by atoms with E-state index in [9.17, 15) is 0 Å². The Morgan fingerprint density at radius 3 is 2.82 bits per heavy atom. The van der Waals surface area contributed by atoms with E-state index in [1.54, 1.807) is 0 Å². The second-order valence-corrected chi connectivity index (χ2v) is 4.83. The number of nitrogens with zero attached hydrogens (tertiary/aromatic N) is 1. The van der Waals surface area contributed by atoms with Crippen molar-refractivity contribution in [1.29, 1.82) is 0 Å². The number of ether oxygens (including phenoxy) is 1. The monoisotopic (exact) mass is 234 g/mol. The van der Waals surface area contributed by atoms with E-state index in [2.05, 4.69) is 24.9 Å². The number of aryl methyl sites for hydroxylation is 1. The maximum absolute atomic E-state index is 5.89. The van der Waals surface area contributed by atoms with E-state index in [-0.39, 0.29) is 0 Å². The lowest BCUT2D eigenvalue weighted by atomic mass is 10.1. The summed E-state index contributed by atoms with van der Waals surface area (Å²) in [7, 11) is 2.17. The number of hydrogen-bond acceptors (Lipinski definition) is 3. The third-order valence-corrected chi connectivity index (χ3v) is 3.37. The van der Waals surface area contributed by atoms with Gasteiger partial charge in [-0.15, -0.1) is 0 Å². The van der Waals surface area contributed by atoms with Crippen LogP contribution in [0.5, 0.6) is 5.75 Å². The topological polar surface area (TPSA) is 38.5 Å². The molecular formula is C14H22N2O. The lowest BCUT2D eigenvalue weighted by Crippen LogP contribution is -2.26. The molecule has 17 heavy (non-hydrogen) atoms. The minimum Gasteiger partial charge on any atom is -0.492 e. The van der Waals surface area contributed by atoms with Crippen LogP contribution in [0.25, 0.3) is 0 Å². The number of hydrogen-bond donors (Lipinski definition) is 1. The van der Waals surface area contributed by atoms with Gasteiger partial charge in [0.2, 0.25) is 0 Å². The van der Waals surface area contributed by atoms with Gasteiger partial charge in [-0.3, -0.25) is 0 Å². The van der Waals surface area contributed by atoms with Crippen molar-refractivity contribution in [2.24, 2.45) is 5.73 Å². The SMILES string of the molecule is Cc1cccc(CN)c1OCCN(C)C1CC1. The normalized spacial score (nSPS) is 15.3. The predicted octanol–water partition coefficient (Wildman–Crippen LogP) is 1.93. The quantitative estimate of drug-likeness (QED) is 0.817. The second-order valence-electron chi connectivity index (χ2n) is 4.83. The summed E-state index contributed by atoms with van der Waals surface area (Å²) in [6.45, 7) is 4.34. The first-order valence-corrected chi connectivity index (χ1v) is 6.34. The van der Waals surface area contributed by atoms with Crippen molar-refractivity contribution in [1.82, 2.24) is 4.90 Å². The zero-order chi connectivity index (χ0) is 12.3. The smallest absolute Gasteiger partial charge is 0.126 e. The molecule has 1 aliphatic rings. The van der Waals surface area contributed by atoms with Gasteiger partial charge in [0.25, 0.3) is 0 Å². The maximum atomic E-state index is 5.89. The van der Waals surface area contributed by atoms with Gasteiger partial charge in [-0.2, -0.15) is 0 Å². The summed E-state index contributed by atoms with van der Waals surface area (Å²) >= 11 is 0. The molecule has 0 aliphatic heterocycles. The molecular weight excluding hydrogens is 212 g/mol. The number of likely N-dealkylation sites (N-methyl/N-ethyl adjacent to an activating group) is 1. The van der Waals surface area contributed by atoms with Gasteiger partial charge < -0.3 is 15.4 Å². The molecule has 0 saturated heterocycles. The van der Waals surface area contributed by atoms with Gasteiger partial charge in [-0.1, -0.05) is 18.2 Å². The highest BCUT2D eigenvalue weighted by molar-refractivity contribution is 5.40. The van der Waals surface area contributed by atoms with Crippen LogP contribution in [0.2, 0.25) is 0 Å². The summed E-state index contributed by atoms with van der Waals surface area (Å²) in [5, 5.41) is 0. The second kappa shape index (κ2) is 5.52. The van der Waals surface area contributed by atoms with E-state index >= 15 is 0 Å². The molecule has 94 valence electrons. The summed E-state index contributed by atoms with van der Waals surface area (Å²) in [5.74, 6) is 0.971. The first kappa shape index (κ1) is 12.4. The van der Waals surface area contributed by atoms with Gasteiger partial charge in [0.05, 0.1) is 0 Å². The van der Waals surface area contributed by atoms with Crippen molar-refractivity contribution in [3.05, 3.63) is 29.3 Å². The molecule has 2 rings (SSSR count). The molecule has 2 N–H and O–H groups in total. The predicted molar refractivity (Wildman–Crippen MR) is 70.2 cm³/mol. The van der Waals surface area contributed by atoms with Crippen molar-refractivity contribution in [2.75, 3.05) is 20.2 Å². The van der Waals surface area contributed by atoms with Crippen molar-refractivity contribution < 1.29 is 4.74 Å².